The van der Waals surface area contributed by atoms with Crippen molar-refractivity contribution in [2.24, 2.45) is 0 Å². The number of nitro groups is 1. The van der Waals surface area contributed by atoms with Crippen molar-refractivity contribution in [3.05, 3.63) is 69.8 Å². The lowest BCUT2D eigenvalue weighted by molar-refractivity contribution is -0.384. The molecule has 2 aromatic carbocycles. The number of carbonyl (C=O) groups excluding carboxylic acids is 1. The number of benzene rings is 2. The number of amides is 1. The maximum Gasteiger partial charge on any atom is 0.271 e. The fraction of sp³-hybridized carbons (Fsp3) is 0.278. The zero-order valence-corrected chi connectivity index (χ0v) is 13.4. The minimum atomic E-state index is -0.471. The molecule has 6 heteroatoms. The van der Waals surface area contributed by atoms with E-state index in [2.05, 4.69) is 22.3 Å². The van der Waals surface area contributed by atoms with Crippen LogP contribution in [0.3, 0.4) is 0 Å². The van der Waals surface area contributed by atoms with Crippen LogP contribution in [-0.4, -0.2) is 29.3 Å². The molecule has 0 aromatic heterocycles. The quantitative estimate of drug-likeness (QED) is 0.692. The van der Waals surface area contributed by atoms with Crippen molar-refractivity contribution in [3.63, 3.8) is 0 Å². The first-order valence-corrected chi connectivity index (χ1v) is 7.87. The maximum atomic E-state index is 12.4. The Hall–Kier alpha value is -2.73. The van der Waals surface area contributed by atoms with Crippen LogP contribution in [0.2, 0.25) is 0 Å². The van der Waals surface area contributed by atoms with E-state index in [0.717, 1.165) is 13.0 Å². The molecule has 1 N–H and O–H groups in total. The number of nitrogens with zero attached hydrogens (tertiary/aromatic N) is 2. The molecule has 0 aliphatic carbocycles. The van der Waals surface area contributed by atoms with Gasteiger partial charge in [0.15, 0.2) is 0 Å². The summed E-state index contributed by atoms with van der Waals surface area (Å²) in [5, 5.41) is 13.6. The van der Waals surface area contributed by atoms with E-state index >= 15 is 0 Å². The molecule has 1 atom stereocenters. The molecular formula is C18H19N3O3. The van der Waals surface area contributed by atoms with Crippen molar-refractivity contribution in [3.8, 4) is 0 Å². The number of hydrogen-bond acceptors (Lipinski definition) is 4. The number of likely N-dealkylation sites (N-methyl/N-ethyl adjacent to an activating group) is 1. The number of nitro benzene ring substituents is 1. The number of anilines is 1. The predicted molar refractivity (Wildman–Crippen MR) is 91.9 cm³/mol. The molecule has 1 unspecified atom stereocenters. The molecule has 3 rings (SSSR count). The van der Waals surface area contributed by atoms with Crippen LogP contribution in [-0.2, 0) is 11.2 Å². The lowest BCUT2D eigenvalue weighted by atomic mass is 9.91. The highest BCUT2D eigenvalue weighted by molar-refractivity contribution is 5.91. The first-order valence-electron chi connectivity index (χ1n) is 7.87. The Balaban J connectivity index is 1.73. The van der Waals surface area contributed by atoms with Gasteiger partial charge in [-0.05, 0) is 30.7 Å². The Labute approximate surface area is 140 Å². The topological polar surface area (TPSA) is 75.5 Å². The van der Waals surface area contributed by atoms with E-state index in [0.29, 0.717) is 12.1 Å². The van der Waals surface area contributed by atoms with E-state index in [1.165, 1.54) is 23.3 Å². The molecule has 1 aliphatic heterocycles. The molecule has 1 aliphatic rings. The zero-order valence-electron chi connectivity index (χ0n) is 13.4. The van der Waals surface area contributed by atoms with Crippen molar-refractivity contribution in [2.75, 3.05) is 18.9 Å². The molecule has 0 saturated carbocycles. The lowest BCUT2D eigenvalue weighted by Gasteiger charge is -2.34. The lowest BCUT2D eigenvalue weighted by Crippen LogP contribution is -2.34. The summed E-state index contributed by atoms with van der Waals surface area (Å²) in [5.74, 6) is -0.149. The molecule has 0 bridgehead atoms. The van der Waals surface area contributed by atoms with Gasteiger partial charge in [-0.2, -0.15) is 0 Å². The molecule has 0 spiro atoms. The van der Waals surface area contributed by atoms with Crippen molar-refractivity contribution in [2.45, 2.75) is 18.9 Å². The van der Waals surface area contributed by atoms with Gasteiger partial charge in [-0.3, -0.25) is 19.8 Å². The van der Waals surface area contributed by atoms with Crippen LogP contribution in [0.5, 0.6) is 0 Å². The molecule has 1 amide bonds. The van der Waals surface area contributed by atoms with Crippen LogP contribution in [0.1, 0.15) is 23.6 Å². The van der Waals surface area contributed by atoms with Crippen LogP contribution in [0, 0.1) is 10.1 Å². The Morgan fingerprint density at radius 3 is 2.88 bits per heavy atom. The van der Waals surface area contributed by atoms with Crippen LogP contribution >= 0.6 is 0 Å². The van der Waals surface area contributed by atoms with Gasteiger partial charge >= 0.3 is 0 Å². The van der Waals surface area contributed by atoms with Crippen molar-refractivity contribution >= 4 is 17.3 Å². The second-order valence-corrected chi connectivity index (χ2v) is 6.00. The number of carbonyl (C=O) groups is 1. The third-order valence-electron chi connectivity index (χ3n) is 4.40. The average Bonchev–Trinajstić information content (AvgIpc) is 2.57. The van der Waals surface area contributed by atoms with Gasteiger partial charge in [-0.1, -0.05) is 30.3 Å². The van der Waals surface area contributed by atoms with Gasteiger partial charge < -0.3 is 5.32 Å². The minimum absolute atomic E-state index is 0.0219. The predicted octanol–water partition coefficient (Wildman–Crippen LogP) is 3.15. The summed E-state index contributed by atoms with van der Waals surface area (Å²) in [5.41, 5.74) is 2.87. The summed E-state index contributed by atoms with van der Waals surface area (Å²) in [4.78, 5) is 24.9. The van der Waals surface area contributed by atoms with Gasteiger partial charge in [-0.25, -0.2) is 0 Å². The molecule has 0 fully saturated rings. The molecule has 124 valence electrons. The Kier molecular flexibility index (Phi) is 4.57. The summed E-state index contributed by atoms with van der Waals surface area (Å²) >= 11 is 0. The second-order valence-electron chi connectivity index (χ2n) is 6.00. The number of fused-ring (bicyclic) bond motifs is 1. The van der Waals surface area contributed by atoms with Gasteiger partial charge in [0.05, 0.1) is 4.92 Å². The normalized spacial score (nSPS) is 17.1. The average molecular weight is 325 g/mol. The summed E-state index contributed by atoms with van der Waals surface area (Å²) < 4.78 is 0. The third-order valence-corrected chi connectivity index (χ3v) is 4.40. The molecule has 0 radical (unpaired) electrons. The summed E-state index contributed by atoms with van der Waals surface area (Å²) in [6.07, 6.45) is 1.30. The fourth-order valence-electron chi connectivity index (χ4n) is 3.13. The van der Waals surface area contributed by atoms with E-state index in [-0.39, 0.29) is 17.6 Å². The third kappa shape index (κ3) is 3.44. The number of nitrogens with one attached hydrogen (secondary N) is 1. The molecule has 2 aromatic rings. The Bertz CT molecular complexity index is 776. The van der Waals surface area contributed by atoms with Crippen molar-refractivity contribution in [1.82, 2.24) is 4.90 Å². The van der Waals surface area contributed by atoms with Gasteiger partial charge in [0.1, 0.15) is 0 Å². The number of non-ortho nitro benzene ring substituents is 1. The zero-order chi connectivity index (χ0) is 17.1. The first kappa shape index (κ1) is 16.1. The highest BCUT2D eigenvalue weighted by Crippen LogP contribution is 2.31. The standard InChI is InChI=1S/C18H19N3O3/c1-20-10-9-13-5-2-3-8-16(13)17(20)12-18(22)19-14-6-4-7-15(11-14)21(23)24/h2-8,11,17H,9-10,12H2,1H3,(H,19,22). The van der Waals surface area contributed by atoms with Crippen molar-refractivity contribution < 1.29 is 9.72 Å². The largest absolute Gasteiger partial charge is 0.326 e. The number of hydrogen-bond donors (Lipinski definition) is 1. The van der Waals surface area contributed by atoms with Gasteiger partial charge in [0, 0.05) is 36.8 Å². The maximum absolute atomic E-state index is 12.4. The highest BCUT2D eigenvalue weighted by atomic mass is 16.6. The van der Waals surface area contributed by atoms with Crippen molar-refractivity contribution in [1.29, 1.82) is 0 Å². The summed E-state index contributed by atoms with van der Waals surface area (Å²) in [7, 11) is 2.02. The summed E-state index contributed by atoms with van der Waals surface area (Å²) in [6.45, 7) is 0.909. The van der Waals surface area contributed by atoms with Crippen LogP contribution in [0.25, 0.3) is 0 Å². The van der Waals surface area contributed by atoms with E-state index in [4.69, 9.17) is 0 Å². The first-order chi connectivity index (χ1) is 11.5. The SMILES string of the molecule is CN1CCc2ccccc2C1CC(=O)Nc1cccc([N+](=O)[O-])c1. The molecule has 0 saturated heterocycles. The fourth-order valence-corrected chi connectivity index (χ4v) is 3.13. The van der Waals surface area contributed by atoms with E-state index in [1.54, 1.807) is 12.1 Å². The molecule has 6 nitrogen and oxygen atoms in total. The van der Waals surface area contributed by atoms with E-state index in [1.807, 2.05) is 19.2 Å². The van der Waals surface area contributed by atoms with E-state index < -0.39 is 4.92 Å². The van der Waals surface area contributed by atoms with Gasteiger partial charge in [-0.15, -0.1) is 0 Å². The van der Waals surface area contributed by atoms with Gasteiger partial charge in [0.2, 0.25) is 5.91 Å². The van der Waals surface area contributed by atoms with Crippen LogP contribution < -0.4 is 5.32 Å². The molecule has 1 heterocycles. The number of rotatable bonds is 4. The molecular weight excluding hydrogens is 306 g/mol. The minimum Gasteiger partial charge on any atom is -0.326 e. The summed E-state index contributed by atoms with van der Waals surface area (Å²) in [6, 6.07) is 14.2. The molecule has 24 heavy (non-hydrogen) atoms. The Morgan fingerprint density at radius 1 is 1.29 bits per heavy atom. The second kappa shape index (κ2) is 6.80. The Morgan fingerprint density at radius 2 is 2.08 bits per heavy atom. The highest BCUT2D eigenvalue weighted by Gasteiger charge is 2.26. The van der Waals surface area contributed by atoms with Gasteiger partial charge in [0.25, 0.3) is 5.69 Å². The smallest absolute Gasteiger partial charge is 0.271 e. The van der Waals surface area contributed by atoms with E-state index in [9.17, 15) is 14.9 Å². The van der Waals surface area contributed by atoms with Crippen LogP contribution in [0.4, 0.5) is 11.4 Å². The monoisotopic (exact) mass is 325 g/mol. The van der Waals surface area contributed by atoms with Crippen LogP contribution in [0.15, 0.2) is 48.5 Å².